The Bertz CT molecular complexity index is 1060. The molecule has 1 aromatic carbocycles. The first kappa shape index (κ1) is 18.7. The molecule has 11 heteroatoms. The van der Waals surface area contributed by atoms with Crippen LogP contribution in [0.4, 0.5) is 8.78 Å². The van der Waals surface area contributed by atoms with E-state index in [-0.39, 0.29) is 19.0 Å². The molecule has 3 heterocycles. The minimum Gasteiger partial charge on any atom is -0.459 e. The van der Waals surface area contributed by atoms with Crippen molar-refractivity contribution < 1.29 is 30.9 Å². The van der Waals surface area contributed by atoms with Crippen LogP contribution in [0, 0.1) is 11.6 Å². The second-order valence-corrected chi connectivity index (χ2v) is 8.29. The molecular formula is C17H17F2N4O4S+. The van der Waals surface area contributed by atoms with Crippen molar-refractivity contribution >= 4 is 10.0 Å². The minimum atomic E-state index is -4.10. The van der Waals surface area contributed by atoms with Crippen molar-refractivity contribution in [2.45, 2.75) is 11.4 Å². The van der Waals surface area contributed by atoms with Gasteiger partial charge in [-0.25, -0.2) is 17.2 Å². The van der Waals surface area contributed by atoms with Gasteiger partial charge in [0, 0.05) is 0 Å². The maximum absolute atomic E-state index is 13.9. The molecule has 148 valence electrons. The number of benzene rings is 1. The van der Waals surface area contributed by atoms with Crippen molar-refractivity contribution in [3.8, 4) is 11.7 Å². The Labute approximate surface area is 159 Å². The Morgan fingerprint density at radius 2 is 1.93 bits per heavy atom. The largest absolute Gasteiger partial charge is 0.459 e. The average Bonchev–Trinajstić information content (AvgIpc) is 3.36. The van der Waals surface area contributed by atoms with Gasteiger partial charge in [-0.2, -0.15) is 4.31 Å². The predicted octanol–water partition coefficient (Wildman–Crippen LogP) is 0.697. The Morgan fingerprint density at radius 3 is 2.64 bits per heavy atom. The maximum atomic E-state index is 13.9. The average molecular weight is 411 g/mol. The van der Waals surface area contributed by atoms with E-state index in [0.29, 0.717) is 37.4 Å². The predicted molar refractivity (Wildman–Crippen MR) is 91.5 cm³/mol. The molecule has 0 aliphatic carbocycles. The lowest BCUT2D eigenvalue weighted by Gasteiger charge is -2.30. The fourth-order valence-corrected chi connectivity index (χ4v) is 4.59. The first-order chi connectivity index (χ1) is 13.4. The van der Waals surface area contributed by atoms with Crippen LogP contribution in [0.5, 0.6) is 0 Å². The smallest absolute Gasteiger partial charge is 0.283 e. The minimum absolute atomic E-state index is 0.173. The van der Waals surface area contributed by atoms with Crippen LogP contribution in [0.2, 0.25) is 0 Å². The molecule has 0 bridgehead atoms. The molecule has 3 aromatic rings. The SMILES string of the molecule is O=S(=O)(c1cc(F)ccc1F)N1CC[NH+](Cc2nnc(-c3ccco3)o2)CC1. The van der Waals surface area contributed by atoms with Gasteiger partial charge in [0.1, 0.15) is 16.5 Å². The third kappa shape index (κ3) is 3.68. The molecule has 1 fully saturated rings. The fraction of sp³-hybridized carbons (Fsp3) is 0.294. The monoisotopic (exact) mass is 411 g/mol. The van der Waals surface area contributed by atoms with Crippen LogP contribution in [0.25, 0.3) is 11.7 Å². The van der Waals surface area contributed by atoms with Gasteiger partial charge < -0.3 is 13.7 Å². The molecule has 28 heavy (non-hydrogen) atoms. The number of quaternary nitrogens is 1. The number of furan rings is 1. The Hall–Kier alpha value is -2.63. The summed E-state index contributed by atoms with van der Waals surface area (Å²) in [4.78, 5) is 0.400. The molecule has 0 atom stereocenters. The fourth-order valence-electron chi connectivity index (χ4n) is 3.07. The van der Waals surface area contributed by atoms with Crippen molar-refractivity contribution in [2.75, 3.05) is 26.2 Å². The van der Waals surface area contributed by atoms with Crippen LogP contribution >= 0.6 is 0 Å². The summed E-state index contributed by atoms with van der Waals surface area (Å²) in [5.41, 5.74) is 0. The zero-order valence-corrected chi connectivity index (χ0v) is 15.5. The molecule has 1 aliphatic rings. The first-order valence-electron chi connectivity index (χ1n) is 8.58. The first-order valence-corrected chi connectivity index (χ1v) is 10.0. The highest BCUT2D eigenvalue weighted by Crippen LogP contribution is 2.21. The van der Waals surface area contributed by atoms with Gasteiger partial charge in [-0.3, -0.25) is 0 Å². The number of nitrogens with zero attached hydrogens (tertiary/aromatic N) is 3. The molecule has 0 saturated carbocycles. The summed E-state index contributed by atoms with van der Waals surface area (Å²) in [6.45, 7) is 1.71. The molecule has 1 N–H and O–H groups in total. The van der Waals surface area contributed by atoms with Crippen molar-refractivity contribution in [2.24, 2.45) is 0 Å². The normalized spacial score (nSPS) is 16.5. The van der Waals surface area contributed by atoms with Crippen LogP contribution in [-0.2, 0) is 16.6 Å². The van der Waals surface area contributed by atoms with Crippen LogP contribution < -0.4 is 4.90 Å². The van der Waals surface area contributed by atoms with Gasteiger partial charge in [0.2, 0.25) is 10.0 Å². The highest BCUT2D eigenvalue weighted by atomic mass is 32.2. The van der Waals surface area contributed by atoms with E-state index in [9.17, 15) is 17.2 Å². The number of piperazine rings is 1. The molecule has 0 unspecified atom stereocenters. The van der Waals surface area contributed by atoms with Crippen molar-refractivity contribution in [3.63, 3.8) is 0 Å². The molecule has 1 aliphatic heterocycles. The lowest BCUT2D eigenvalue weighted by molar-refractivity contribution is -0.918. The van der Waals surface area contributed by atoms with Gasteiger partial charge in [-0.15, -0.1) is 10.2 Å². The molecular weight excluding hydrogens is 394 g/mol. The van der Waals surface area contributed by atoms with Gasteiger partial charge in [-0.05, 0) is 30.3 Å². The van der Waals surface area contributed by atoms with Crippen LogP contribution in [0.1, 0.15) is 5.89 Å². The summed E-state index contributed by atoms with van der Waals surface area (Å²) in [5, 5.41) is 7.91. The van der Waals surface area contributed by atoms with Crippen LogP contribution in [0.3, 0.4) is 0 Å². The van der Waals surface area contributed by atoms with Crippen LogP contribution in [-0.4, -0.2) is 49.1 Å². The quantitative estimate of drug-likeness (QED) is 0.664. The summed E-state index contributed by atoms with van der Waals surface area (Å²) in [6, 6.07) is 5.83. The van der Waals surface area contributed by atoms with Gasteiger partial charge >= 0.3 is 0 Å². The molecule has 0 amide bonds. The van der Waals surface area contributed by atoms with Gasteiger partial charge in [0.15, 0.2) is 12.3 Å². The van der Waals surface area contributed by atoms with Gasteiger partial charge in [0.25, 0.3) is 11.8 Å². The number of rotatable bonds is 5. The van der Waals surface area contributed by atoms with E-state index >= 15 is 0 Å². The molecule has 1 saturated heterocycles. The highest BCUT2D eigenvalue weighted by Gasteiger charge is 2.33. The third-order valence-corrected chi connectivity index (χ3v) is 6.45. The number of aromatic nitrogens is 2. The highest BCUT2D eigenvalue weighted by molar-refractivity contribution is 7.89. The zero-order chi connectivity index (χ0) is 19.7. The van der Waals surface area contributed by atoms with E-state index in [2.05, 4.69) is 10.2 Å². The zero-order valence-electron chi connectivity index (χ0n) is 14.6. The van der Waals surface area contributed by atoms with E-state index in [1.807, 2.05) is 0 Å². The number of hydrogen-bond acceptors (Lipinski definition) is 6. The number of halogens is 2. The Balaban J connectivity index is 1.40. The van der Waals surface area contributed by atoms with Crippen molar-refractivity contribution in [1.29, 1.82) is 0 Å². The van der Waals surface area contributed by atoms with E-state index < -0.39 is 26.6 Å². The lowest BCUT2D eigenvalue weighted by Crippen LogP contribution is -3.13. The maximum Gasteiger partial charge on any atom is 0.283 e. The summed E-state index contributed by atoms with van der Waals surface area (Å²) < 4.78 is 64.4. The second kappa shape index (κ2) is 7.41. The van der Waals surface area contributed by atoms with E-state index in [1.54, 1.807) is 12.1 Å². The number of nitrogens with one attached hydrogen (secondary N) is 1. The van der Waals surface area contributed by atoms with Crippen molar-refractivity contribution in [3.05, 3.63) is 54.1 Å². The molecule has 4 rings (SSSR count). The van der Waals surface area contributed by atoms with Gasteiger partial charge in [-0.1, -0.05) is 0 Å². The summed E-state index contributed by atoms with van der Waals surface area (Å²) >= 11 is 0. The Kier molecular flexibility index (Phi) is 4.96. The van der Waals surface area contributed by atoms with E-state index in [4.69, 9.17) is 8.83 Å². The summed E-state index contributed by atoms with van der Waals surface area (Å²) in [5.74, 6) is -0.599. The molecule has 0 radical (unpaired) electrons. The van der Waals surface area contributed by atoms with Gasteiger partial charge in [0.05, 0.1) is 32.4 Å². The van der Waals surface area contributed by atoms with Crippen molar-refractivity contribution in [1.82, 2.24) is 14.5 Å². The molecule has 2 aromatic heterocycles. The topological polar surface area (TPSA) is 93.9 Å². The Morgan fingerprint density at radius 1 is 1.14 bits per heavy atom. The molecule has 8 nitrogen and oxygen atoms in total. The standard InChI is InChI=1S/C17H16F2N4O4S/c18-12-3-4-13(19)15(10-12)28(24,25)23-7-5-22(6-8-23)11-16-20-21-17(27-16)14-2-1-9-26-14/h1-4,9-10H,5-8,11H2/p+1. The number of sulfonamides is 1. The third-order valence-electron chi connectivity index (χ3n) is 4.54. The summed E-state index contributed by atoms with van der Waals surface area (Å²) in [7, 11) is -4.10. The molecule has 0 spiro atoms. The lowest BCUT2D eigenvalue weighted by atomic mass is 10.3. The van der Waals surface area contributed by atoms with E-state index in [0.717, 1.165) is 21.3 Å². The van der Waals surface area contributed by atoms with E-state index in [1.165, 1.54) is 6.26 Å². The van der Waals surface area contributed by atoms with Crippen LogP contribution in [0.15, 0.2) is 50.3 Å². The summed E-state index contributed by atoms with van der Waals surface area (Å²) in [6.07, 6.45) is 1.51. The number of hydrogen-bond donors (Lipinski definition) is 1. The second-order valence-electron chi connectivity index (χ2n) is 6.38.